The average Bonchev–Trinajstić information content (AvgIpc) is 2.71. The van der Waals surface area contributed by atoms with Gasteiger partial charge in [-0.3, -0.25) is 4.79 Å². The number of benzene rings is 2. The molecular formula is C20H22O7. The van der Waals surface area contributed by atoms with Gasteiger partial charge in [0.05, 0.1) is 42.0 Å². The maximum atomic E-state index is 12.8. The van der Waals surface area contributed by atoms with Gasteiger partial charge in [0.1, 0.15) is 28.9 Å². The van der Waals surface area contributed by atoms with Crippen LogP contribution >= 0.6 is 0 Å². The number of carbonyl (C=O) groups excluding carboxylic acids is 1. The lowest BCUT2D eigenvalue weighted by atomic mass is 9.95. The predicted molar refractivity (Wildman–Crippen MR) is 98.0 cm³/mol. The minimum absolute atomic E-state index is 0.0745. The number of Topliss-reactive ketones (excluding diaryl/α,β-unsaturated/α-hetero) is 1. The van der Waals surface area contributed by atoms with Crippen LogP contribution in [0.2, 0.25) is 0 Å². The number of rotatable bonds is 6. The van der Waals surface area contributed by atoms with Crippen molar-refractivity contribution in [3.8, 4) is 34.5 Å². The van der Waals surface area contributed by atoms with Crippen LogP contribution in [0.15, 0.2) is 24.3 Å². The SMILES string of the molecule is COc1cc(OC)c2c(c1)OC(c1cc(OC)c(OC)c(OC)c1)CC2=O. The number of hydrogen-bond donors (Lipinski definition) is 0. The fourth-order valence-corrected chi connectivity index (χ4v) is 3.15. The van der Waals surface area contributed by atoms with Gasteiger partial charge in [0.25, 0.3) is 0 Å². The fraction of sp³-hybridized carbons (Fsp3) is 0.350. The van der Waals surface area contributed by atoms with Crippen molar-refractivity contribution in [1.82, 2.24) is 0 Å². The molecule has 1 heterocycles. The Bertz CT molecular complexity index is 835. The maximum Gasteiger partial charge on any atom is 0.203 e. The topological polar surface area (TPSA) is 72.5 Å². The van der Waals surface area contributed by atoms with E-state index in [0.717, 1.165) is 5.56 Å². The largest absolute Gasteiger partial charge is 0.496 e. The van der Waals surface area contributed by atoms with E-state index in [1.54, 1.807) is 45.6 Å². The van der Waals surface area contributed by atoms with Crippen LogP contribution in [-0.4, -0.2) is 41.3 Å². The van der Waals surface area contributed by atoms with E-state index in [4.69, 9.17) is 28.4 Å². The summed E-state index contributed by atoms with van der Waals surface area (Å²) in [4.78, 5) is 12.8. The van der Waals surface area contributed by atoms with E-state index in [0.29, 0.717) is 40.1 Å². The van der Waals surface area contributed by atoms with Crippen molar-refractivity contribution in [1.29, 1.82) is 0 Å². The first-order chi connectivity index (χ1) is 13.1. The van der Waals surface area contributed by atoms with E-state index in [1.165, 1.54) is 14.2 Å². The van der Waals surface area contributed by atoms with Crippen molar-refractivity contribution in [3.05, 3.63) is 35.4 Å². The normalized spacial score (nSPS) is 15.4. The lowest BCUT2D eigenvalue weighted by molar-refractivity contribution is 0.0843. The lowest BCUT2D eigenvalue weighted by Gasteiger charge is -2.27. The second-order valence-electron chi connectivity index (χ2n) is 5.90. The van der Waals surface area contributed by atoms with Gasteiger partial charge in [0.15, 0.2) is 17.3 Å². The first-order valence-corrected chi connectivity index (χ1v) is 8.32. The van der Waals surface area contributed by atoms with Gasteiger partial charge < -0.3 is 28.4 Å². The Morgan fingerprint density at radius 2 is 1.44 bits per heavy atom. The van der Waals surface area contributed by atoms with Crippen molar-refractivity contribution < 1.29 is 33.2 Å². The van der Waals surface area contributed by atoms with Gasteiger partial charge in [-0.15, -0.1) is 0 Å². The summed E-state index contributed by atoms with van der Waals surface area (Å²) in [5, 5.41) is 0. The Balaban J connectivity index is 2.05. The van der Waals surface area contributed by atoms with Crippen LogP contribution in [0.3, 0.4) is 0 Å². The molecule has 144 valence electrons. The highest BCUT2D eigenvalue weighted by Gasteiger charge is 2.32. The van der Waals surface area contributed by atoms with E-state index in [2.05, 4.69) is 0 Å². The Labute approximate surface area is 157 Å². The highest BCUT2D eigenvalue weighted by atomic mass is 16.5. The van der Waals surface area contributed by atoms with E-state index >= 15 is 0 Å². The number of ether oxygens (including phenoxy) is 6. The molecule has 1 aliphatic rings. The molecule has 2 aromatic carbocycles. The molecule has 27 heavy (non-hydrogen) atoms. The third-order valence-corrected chi connectivity index (χ3v) is 4.47. The molecule has 0 aliphatic carbocycles. The number of fused-ring (bicyclic) bond motifs is 1. The van der Waals surface area contributed by atoms with Crippen LogP contribution in [0, 0.1) is 0 Å². The fourth-order valence-electron chi connectivity index (χ4n) is 3.15. The van der Waals surface area contributed by atoms with Gasteiger partial charge in [-0.05, 0) is 12.1 Å². The molecule has 0 N–H and O–H groups in total. The molecule has 0 amide bonds. The van der Waals surface area contributed by atoms with E-state index in [-0.39, 0.29) is 12.2 Å². The molecule has 1 aliphatic heterocycles. The second-order valence-corrected chi connectivity index (χ2v) is 5.90. The highest BCUT2D eigenvalue weighted by Crippen LogP contribution is 2.45. The highest BCUT2D eigenvalue weighted by molar-refractivity contribution is 6.02. The third-order valence-electron chi connectivity index (χ3n) is 4.47. The number of ketones is 1. The average molecular weight is 374 g/mol. The molecule has 0 saturated heterocycles. The summed E-state index contributed by atoms with van der Waals surface area (Å²) < 4.78 is 32.9. The third kappa shape index (κ3) is 3.32. The second kappa shape index (κ2) is 7.65. The van der Waals surface area contributed by atoms with E-state index < -0.39 is 6.10 Å². The molecule has 1 atom stereocenters. The molecule has 2 aromatic rings. The Kier molecular flexibility index (Phi) is 5.30. The zero-order chi connectivity index (χ0) is 19.6. The zero-order valence-electron chi connectivity index (χ0n) is 16.0. The molecule has 7 heteroatoms. The van der Waals surface area contributed by atoms with Crippen LogP contribution < -0.4 is 28.4 Å². The Morgan fingerprint density at radius 1 is 0.815 bits per heavy atom. The summed E-state index contributed by atoms with van der Waals surface area (Å²) in [5.74, 6) is 2.79. The van der Waals surface area contributed by atoms with Crippen molar-refractivity contribution in [3.63, 3.8) is 0 Å². The van der Waals surface area contributed by atoms with Gasteiger partial charge in [-0.25, -0.2) is 0 Å². The monoisotopic (exact) mass is 374 g/mol. The van der Waals surface area contributed by atoms with Crippen molar-refractivity contribution in [2.45, 2.75) is 12.5 Å². The van der Waals surface area contributed by atoms with Gasteiger partial charge in [0, 0.05) is 17.7 Å². The molecule has 0 radical (unpaired) electrons. The van der Waals surface area contributed by atoms with Crippen molar-refractivity contribution >= 4 is 5.78 Å². The Hall–Kier alpha value is -3.09. The molecule has 7 nitrogen and oxygen atoms in total. The van der Waals surface area contributed by atoms with E-state index in [9.17, 15) is 4.79 Å². The summed E-state index contributed by atoms with van der Waals surface area (Å²) in [6, 6.07) is 6.91. The minimum atomic E-state index is -0.504. The molecule has 0 aromatic heterocycles. The first-order valence-electron chi connectivity index (χ1n) is 8.32. The standard InChI is InChI=1S/C20H22O7/c1-22-12-8-15(23-2)19-13(21)10-14(27-16(19)9-12)11-6-17(24-3)20(26-5)18(7-11)25-4/h6-9,14H,10H2,1-5H3. The van der Waals surface area contributed by atoms with Gasteiger partial charge in [0.2, 0.25) is 5.75 Å². The summed E-state index contributed by atoms with van der Waals surface area (Å²) in [6.07, 6.45) is -0.343. The maximum absolute atomic E-state index is 12.8. The molecule has 0 spiro atoms. The summed E-state index contributed by atoms with van der Waals surface area (Å²) in [6.45, 7) is 0. The quantitative estimate of drug-likeness (QED) is 0.767. The van der Waals surface area contributed by atoms with Gasteiger partial charge in [-0.1, -0.05) is 0 Å². The zero-order valence-corrected chi connectivity index (χ0v) is 16.0. The molecule has 0 bridgehead atoms. The number of methoxy groups -OCH3 is 5. The molecule has 3 rings (SSSR count). The molecule has 0 fully saturated rings. The Morgan fingerprint density at radius 3 is 1.96 bits per heavy atom. The van der Waals surface area contributed by atoms with Crippen molar-refractivity contribution in [2.75, 3.05) is 35.5 Å². The summed E-state index contributed by atoms with van der Waals surface area (Å²) in [5.41, 5.74) is 1.16. The molecule has 1 unspecified atom stereocenters. The van der Waals surface area contributed by atoms with Gasteiger partial charge >= 0.3 is 0 Å². The lowest BCUT2D eigenvalue weighted by Crippen LogP contribution is -2.21. The first kappa shape index (κ1) is 18.7. The van der Waals surface area contributed by atoms with Crippen molar-refractivity contribution in [2.24, 2.45) is 0 Å². The predicted octanol–water partition coefficient (Wildman–Crippen LogP) is 3.44. The van der Waals surface area contributed by atoms with E-state index in [1.807, 2.05) is 0 Å². The smallest absolute Gasteiger partial charge is 0.203 e. The van der Waals surface area contributed by atoms with Crippen LogP contribution in [0.1, 0.15) is 28.4 Å². The van der Waals surface area contributed by atoms with Crippen LogP contribution in [0.25, 0.3) is 0 Å². The summed E-state index contributed by atoms with van der Waals surface area (Å²) >= 11 is 0. The summed E-state index contributed by atoms with van der Waals surface area (Å²) in [7, 11) is 7.67. The minimum Gasteiger partial charge on any atom is -0.496 e. The van der Waals surface area contributed by atoms with Crippen LogP contribution in [0.5, 0.6) is 34.5 Å². The van der Waals surface area contributed by atoms with Crippen LogP contribution in [0.4, 0.5) is 0 Å². The van der Waals surface area contributed by atoms with Gasteiger partial charge in [-0.2, -0.15) is 0 Å². The number of hydrogen-bond acceptors (Lipinski definition) is 7. The number of carbonyl (C=O) groups is 1. The van der Waals surface area contributed by atoms with Crippen LogP contribution in [-0.2, 0) is 0 Å². The molecular weight excluding hydrogens is 352 g/mol. The molecule has 0 saturated carbocycles.